The summed E-state index contributed by atoms with van der Waals surface area (Å²) in [5.41, 5.74) is 2.23. The summed E-state index contributed by atoms with van der Waals surface area (Å²) in [6.07, 6.45) is 1.95. The molecule has 0 unspecified atom stereocenters. The summed E-state index contributed by atoms with van der Waals surface area (Å²) in [7, 11) is 0. The molecule has 0 fully saturated rings. The predicted molar refractivity (Wildman–Crippen MR) is 105 cm³/mol. The number of halogens is 3. The molecule has 150 valence electrons. The van der Waals surface area contributed by atoms with Crippen molar-refractivity contribution in [2.45, 2.75) is 26.7 Å². The van der Waals surface area contributed by atoms with Gasteiger partial charge in [-0.3, -0.25) is 4.79 Å². The zero-order valence-electron chi connectivity index (χ0n) is 16.0. The number of amides is 1. The number of hydrogen-bond acceptors (Lipinski definition) is 3. The lowest BCUT2D eigenvalue weighted by Crippen LogP contribution is -2.18. The van der Waals surface area contributed by atoms with Crippen molar-refractivity contribution >= 4 is 11.7 Å². The molecule has 0 aliphatic heterocycles. The van der Waals surface area contributed by atoms with Gasteiger partial charge in [0.05, 0.1) is 24.0 Å². The number of benzene rings is 2. The standard InChI is InChI=1S/C22H20F3N3O/c1-13(2)9-19-22(26-12-20(27-19)15-4-6-16(23)7-5-15)28-21(29)11-14-3-8-17(24)18(25)10-14/h3-8,10,12-13H,9,11H2,1-2H3,(H,26,28,29). The quantitative estimate of drug-likeness (QED) is 0.639. The van der Waals surface area contributed by atoms with E-state index in [1.165, 1.54) is 24.4 Å². The van der Waals surface area contributed by atoms with Crippen LogP contribution in [0, 0.1) is 23.4 Å². The summed E-state index contributed by atoms with van der Waals surface area (Å²) in [6.45, 7) is 4.03. The third-order valence-corrected chi connectivity index (χ3v) is 4.19. The minimum atomic E-state index is -1.00. The Morgan fingerprint density at radius 2 is 1.76 bits per heavy atom. The van der Waals surface area contributed by atoms with E-state index < -0.39 is 17.5 Å². The molecule has 29 heavy (non-hydrogen) atoms. The maximum Gasteiger partial charge on any atom is 0.229 e. The summed E-state index contributed by atoms with van der Waals surface area (Å²) < 4.78 is 39.5. The fourth-order valence-corrected chi connectivity index (χ4v) is 2.83. The van der Waals surface area contributed by atoms with E-state index in [2.05, 4.69) is 15.3 Å². The molecule has 7 heteroatoms. The van der Waals surface area contributed by atoms with Crippen molar-refractivity contribution in [3.63, 3.8) is 0 Å². The van der Waals surface area contributed by atoms with Crippen LogP contribution in [0.25, 0.3) is 11.3 Å². The Morgan fingerprint density at radius 1 is 1.03 bits per heavy atom. The zero-order chi connectivity index (χ0) is 21.0. The molecule has 1 N–H and O–H groups in total. The minimum Gasteiger partial charge on any atom is -0.309 e. The van der Waals surface area contributed by atoms with Gasteiger partial charge in [-0.2, -0.15) is 0 Å². The zero-order valence-corrected chi connectivity index (χ0v) is 16.0. The molecule has 0 saturated carbocycles. The smallest absolute Gasteiger partial charge is 0.229 e. The van der Waals surface area contributed by atoms with E-state index in [1.54, 1.807) is 12.1 Å². The predicted octanol–water partition coefficient (Wildman–Crippen LogP) is 4.94. The number of rotatable bonds is 6. The lowest BCUT2D eigenvalue weighted by molar-refractivity contribution is -0.115. The molecule has 0 atom stereocenters. The first-order valence-corrected chi connectivity index (χ1v) is 9.17. The van der Waals surface area contributed by atoms with Crippen molar-refractivity contribution in [3.05, 3.63) is 77.4 Å². The second kappa shape index (κ2) is 8.86. The van der Waals surface area contributed by atoms with Crippen LogP contribution in [-0.4, -0.2) is 15.9 Å². The molecular formula is C22H20F3N3O. The summed E-state index contributed by atoms with van der Waals surface area (Å²) >= 11 is 0. The monoisotopic (exact) mass is 399 g/mol. The molecule has 1 amide bonds. The van der Waals surface area contributed by atoms with Crippen molar-refractivity contribution < 1.29 is 18.0 Å². The Hall–Kier alpha value is -3.22. The van der Waals surface area contributed by atoms with Crippen LogP contribution in [0.4, 0.5) is 19.0 Å². The number of anilines is 1. The summed E-state index contributed by atoms with van der Waals surface area (Å²) in [4.78, 5) is 21.3. The van der Waals surface area contributed by atoms with Gasteiger partial charge in [0.15, 0.2) is 17.5 Å². The minimum absolute atomic E-state index is 0.125. The second-order valence-corrected chi connectivity index (χ2v) is 7.13. The lowest BCUT2D eigenvalue weighted by Gasteiger charge is -2.13. The number of carbonyl (C=O) groups is 1. The molecular weight excluding hydrogens is 379 g/mol. The first kappa shape index (κ1) is 20.5. The molecule has 0 aliphatic rings. The Labute approximate surface area is 166 Å². The van der Waals surface area contributed by atoms with Crippen LogP contribution in [0.5, 0.6) is 0 Å². The van der Waals surface area contributed by atoms with Gasteiger partial charge in [0, 0.05) is 5.56 Å². The van der Waals surface area contributed by atoms with Gasteiger partial charge in [0.1, 0.15) is 5.82 Å². The van der Waals surface area contributed by atoms with Gasteiger partial charge < -0.3 is 5.32 Å². The van der Waals surface area contributed by atoms with Crippen molar-refractivity contribution in [2.24, 2.45) is 5.92 Å². The van der Waals surface area contributed by atoms with Crippen molar-refractivity contribution in [1.29, 1.82) is 0 Å². The van der Waals surface area contributed by atoms with Crippen LogP contribution in [0.1, 0.15) is 25.1 Å². The van der Waals surface area contributed by atoms with Gasteiger partial charge >= 0.3 is 0 Å². The molecule has 1 heterocycles. The van der Waals surface area contributed by atoms with E-state index in [-0.39, 0.29) is 18.2 Å². The Kier molecular flexibility index (Phi) is 6.26. The average molecular weight is 399 g/mol. The van der Waals surface area contributed by atoms with Crippen LogP contribution in [0.3, 0.4) is 0 Å². The van der Waals surface area contributed by atoms with Gasteiger partial charge in [-0.1, -0.05) is 19.9 Å². The van der Waals surface area contributed by atoms with E-state index >= 15 is 0 Å². The normalized spacial score (nSPS) is 11.0. The first-order valence-electron chi connectivity index (χ1n) is 9.17. The molecule has 1 aromatic heterocycles. The molecule has 3 aromatic rings. The van der Waals surface area contributed by atoms with Gasteiger partial charge in [-0.05, 0) is 54.3 Å². The second-order valence-electron chi connectivity index (χ2n) is 7.13. The highest BCUT2D eigenvalue weighted by molar-refractivity contribution is 5.92. The van der Waals surface area contributed by atoms with Gasteiger partial charge in [0.2, 0.25) is 5.91 Å². The van der Waals surface area contributed by atoms with Crippen molar-refractivity contribution in [1.82, 2.24) is 9.97 Å². The molecule has 3 rings (SSSR count). The molecule has 0 radical (unpaired) electrons. The average Bonchev–Trinajstić information content (AvgIpc) is 2.66. The fraction of sp³-hybridized carbons (Fsp3) is 0.227. The van der Waals surface area contributed by atoms with E-state index in [9.17, 15) is 18.0 Å². The SMILES string of the molecule is CC(C)Cc1nc(-c2ccc(F)cc2)cnc1NC(=O)Cc1ccc(F)c(F)c1. The van der Waals surface area contributed by atoms with Crippen LogP contribution >= 0.6 is 0 Å². The number of carbonyl (C=O) groups excluding carboxylic acids is 1. The summed E-state index contributed by atoms with van der Waals surface area (Å²) in [6, 6.07) is 9.25. The molecule has 0 saturated heterocycles. The maximum absolute atomic E-state index is 13.3. The molecule has 0 bridgehead atoms. The van der Waals surface area contributed by atoms with Gasteiger partial charge in [-0.25, -0.2) is 23.1 Å². The largest absolute Gasteiger partial charge is 0.309 e. The van der Waals surface area contributed by atoms with Gasteiger partial charge in [-0.15, -0.1) is 0 Å². The summed E-state index contributed by atoms with van der Waals surface area (Å²) in [5, 5.41) is 2.70. The Bertz CT molecular complexity index is 1020. The van der Waals surface area contributed by atoms with Crippen LogP contribution in [0.2, 0.25) is 0 Å². The number of aromatic nitrogens is 2. The highest BCUT2D eigenvalue weighted by atomic mass is 19.2. The third-order valence-electron chi connectivity index (χ3n) is 4.19. The van der Waals surface area contributed by atoms with Crippen LogP contribution in [0.15, 0.2) is 48.7 Å². The number of nitrogens with one attached hydrogen (secondary N) is 1. The highest BCUT2D eigenvalue weighted by Crippen LogP contribution is 2.22. The van der Waals surface area contributed by atoms with E-state index in [4.69, 9.17) is 0 Å². The molecule has 4 nitrogen and oxygen atoms in total. The van der Waals surface area contributed by atoms with Gasteiger partial charge in [0.25, 0.3) is 0 Å². The lowest BCUT2D eigenvalue weighted by atomic mass is 10.1. The van der Waals surface area contributed by atoms with Crippen molar-refractivity contribution in [3.8, 4) is 11.3 Å². The van der Waals surface area contributed by atoms with E-state index in [0.717, 1.165) is 12.1 Å². The van der Waals surface area contributed by atoms with Crippen LogP contribution < -0.4 is 5.32 Å². The maximum atomic E-state index is 13.3. The molecule has 0 spiro atoms. The summed E-state index contributed by atoms with van der Waals surface area (Å²) in [5.74, 6) is -2.14. The molecule has 0 aliphatic carbocycles. The Balaban J connectivity index is 1.82. The number of hydrogen-bond donors (Lipinski definition) is 1. The van der Waals surface area contributed by atoms with Crippen molar-refractivity contribution in [2.75, 3.05) is 5.32 Å². The topological polar surface area (TPSA) is 54.9 Å². The van der Waals surface area contributed by atoms with E-state index in [0.29, 0.717) is 34.8 Å². The number of nitrogens with zero attached hydrogens (tertiary/aromatic N) is 2. The highest BCUT2D eigenvalue weighted by Gasteiger charge is 2.14. The first-order chi connectivity index (χ1) is 13.8. The molecule has 2 aromatic carbocycles. The Morgan fingerprint density at radius 3 is 2.41 bits per heavy atom. The van der Waals surface area contributed by atoms with E-state index in [1.807, 2.05) is 13.8 Å². The fourth-order valence-electron chi connectivity index (χ4n) is 2.83. The van der Waals surface area contributed by atoms with Crippen LogP contribution in [-0.2, 0) is 17.6 Å². The third kappa shape index (κ3) is 5.40.